The van der Waals surface area contributed by atoms with Crippen molar-refractivity contribution >= 4 is 34.8 Å². The van der Waals surface area contributed by atoms with Crippen molar-refractivity contribution in [2.45, 2.75) is 0 Å². The molecule has 0 aromatic heterocycles. The van der Waals surface area contributed by atoms with E-state index in [4.69, 9.17) is 0 Å². The van der Waals surface area contributed by atoms with Crippen molar-refractivity contribution in [3.8, 4) is 0 Å². The molecule has 162 valence electrons. The van der Waals surface area contributed by atoms with Gasteiger partial charge >= 0.3 is 0 Å². The molecule has 0 aliphatic heterocycles. The van der Waals surface area contributed by atoms with Gasteiger partial charge in [-0.3, -0.25) is 0 Å². The van der Waals surface area contributed by atoms with Gasteiger partial charge in [-0.15, -0.1) is 0 Å². The van der Waals surface area contributed by atoms with E-state index in [0.717, 1.165) is 0 Å². The quantitative estimate of drug-likeness (QED) is 0.595. The fourth-order valence-electron chi connectivity index (χ4n) is 4.02. The highest BCUT2D eigenvalue weighted by molar-refractivity contribution is 6.17. The highest BCUT2D eigenvalue weighted by atomic mass is 15.1. The minimum Gasteiger partial charge on any atom is -0.378 e. The molecule has 0 fully saturated rings. The molecule has 0 N–H and O–H groups in total. The fourth-order valence-corrected chi connectivity index (χ4v) is 4.02. The number of hydrogen-bond donors (Lipinski definition) is 0. The first kappa shape index (κ1) is 21.6. The lowest BCUT2D eigenvalue weighted by Crippen LogP contribution is -2.21. The molecule has 0 spiro atoms. The molecule has 3 nitrogen and oxygen atoms in total. The van der Waals surface area contributed by atoms with Crippen LogP contribution in [-0.4, -0.2) is 52.6 Å². The molecule has 3 heteroatoms. The minimum atomic E-state index is 1.20. The van der Waals surface area contributed by atoms with Gasteiger partial charge in [0.15, 0.2) is 5.71 Å². The number of hydrogen-bond acceptors (Lipinski definition) is 2. The van der Waals surface area contributed by atoms with Crippen LogP contribution in [0.1, 0.15) is 16.7 Å². The van der Waals surface area contributed by atoms with Gasteiger partial charge < -0.3 is 9.80 Å². The Morgan fingerprint density at radius 3 is 1.66 bits per heavy atom. The minimum absolute atomic E-state index is 1.20. The van der Waals surface area contributed by atoms with E-state index in [1.165, 1.54) is 49.8 Å². The maximum absolute atomic E-state index is 2.31. The van der Waals surface area contributed by atoms with Crippen LogP contribution in [0, 0.1) is 0 Å². The molecule has 0 atom stereocenters. The van der Waals surface area contributed by atoms with Crippen LogP contribution in [0.25, 0.3) is 17.7 Å². The number of benzene rings is 3. The van der Waals surface area contributed by atoms with Gasteiger partial charge in [-0.05, 0) is 69.1 Å². The van der Waals surface area contributed by atoms with Gasteiger partial charge in [-0.1, -0.05) is 36.4 Å². The molecule has 1 aliphatic rings. The Morgan fingerprint density at radius 2 is 1.19 bits per heavy atom. The number of nitrogens with zero attached hydrogens (tertiary/aromatic N) is 3. The summed E-state index contributed by atoms with van der Waals surface area (Å²) in [6.45, 7) is 0. The van der Waals surface area contributed by atoms with Gasteiger partial charge in [-0.2, -0.15) is 0 Å². The maximum Gasteiger partial charge on any atom is 0.200 e. The predicted molar refractivity (Wildman–Crippen MR) is 139 cm³/mol. The zero-order valence-electron chi connectivity index (χ0n) is 19.9. The van der Waals surface area contributed by atoms with Crippen LogP contribution < -0.4 is 20.2 Å². The Balaban J connectivity index is 1.94. The second kappa shape index (κ2) is 8.88. The average molecular weight is 423 g/mol. The number of rotatable bonds is 4. The average Bonchev–Trinajstić information content (AvgIpc) is 2.79. The third-order valence-corrected chi connectivity index (χ3v) is 5.97. The van der Waals surface area contributed by atoms with Gasteiger partial charge in [0.25, 0.3) is 0 Å². The molecule has 0 saturated carbocycles. The number of anilines is 2. The lowest BCUT2D eigenvalue weighted by Gasteiger charge is -2.16. The molecule has 0 unspecified atom stereocenters. The summed E-state index contributed by atoms with van der Waals surface area (Å²) in [4.78, 5) is 4.27. The molecule has 0 heterocycles. The molecule has 0 radical (unpaired) electrons. The first-order valence-corrected chi connectivity index (χ1v) is 11.0. The first-order chi connectivity index (χ1) is 15.3. The standard InChI is InChI=1S/C29H32N3/c1-30(2)26-14-9-21(10-15-26)29(22-11-16-27(17-12-22)31(3)4)25-8-7-24-20-28(32(5)6)18-13-23(24)19-25/h7-20H,1-6H3/q+1. The normalized spacial score (nSPS) is 12.1. The van der Waals surface area contributed by atoms with Gasteiger partial charge in [0.05, 0.1) is 0 Å². The molecule has 0 amide bonds. The summed E-state index contributed by atoms with van der Waals surface area (Å²) in [6.07, 6.45) is 6.65. The number of fused-ring (bicyclic) bond motifs is 1. The zero-order valence-corrected chi connectivity index (χ0v) is 19.9. The zero-order chi connectivity index (χ0) is 22.8. The Labute approximate surface area is 191 Å². The van der Waals surface area contributed by atoms with Gasteiger partial charge in [0, 0.05) is 51.7 Å². The largest absolute Gasteiger partial charge is 0.378 e. The van der Waals surface area contributed by atoms with E-state index < -0.39 is 0 Å². The predicted octanol–water partition coefficient (Wildman–Crippen LogP) is 3.59. The van der Waals surface area contributed by atoms with Crippen LogP contribution in [-0.2, 0) is 0 Å². The highest BCUT2D eigenvalue weighted by Gasteiger charge is 2.11. The van der Waals surface area contributed by atoms with Crippen molar-refractivity contribution in [2.75, 3.05) is 52.1 Å². The molecular weight excluding hydrogens is 390 g/mol. The van der Waals surface area contributed by atoms with Crippen molar-refractivity contribution in [3.05, 3.63) is 99.9 Å². The molecule has 0 bridgehead atoms. The lowest BCUT2D eigenvalue weighted by molar-refractivity contribution is -0.462. The van der Waals surface area contributed by atoms with E-state index in [9.17, 15) is 0 Å². The Kier molecular flexibility index (Phi) is 6.00. The second-order valence-corrected chi connectivity index (χ2v) is 8.90. The van der Waals surface area contributed by atoms with Crippen molar-refractivity contribution < 1.29 is 4.58 Å². The first-order valence-electron chi connectivity index (χ1n) is 11.0. The SMILES string of the molecule is CN(C)c1ccc(C(c2ccc(N(C)C)cc2)=c2ccc3c(c2)C=CC(=[N+](C)C)C=3)cc1. The summed E-state index contributed by atoms with van der Waals surface area (Å²) in [5.74, 6) is 0. The van der Waals surface area contributed by atoms with E-state index in [-0.39, 0.29) is 0 Å². The Bertz CT molecular complexity index is 1250. The van der Waals surface area contributed by atoms with Gasteiger partial charge in [0.2, 0.25) is 0 Å². The Hall–Kier alpha value is -3.59. The van der Waals surface area contributed by atoms with E-state index >= 15 is 0 Å². The van der Waals surface area contributed by atoms with Crippen LogP contribution in [0.4, 0.5) is 11.4 Å². The van der Waals surface area contributed by atoms with Gasteiger partial charge in [0.1, 0.15) is 14.1 Å². The molecule has 1 aliphatic carbocycles. The molecule has 32 heavy (non-hydrogen) atoms. The van der Waals surface area contributed by atoms with Crippen LogP contribution in [0.5, 0.6) is 0 Å². The summed E-state index contributed by atoms with van der Waals surface area (Å²) < 4.78 is 2.14. The summed E-state index contributed by atoms with van der Waals surface area (Å²) >= 11 is 0. The summed E-state index contributed by atoms with van der Waals surface area (Å²) in [6, 6.07) is 24.5. The summed E-state index contributed by atoms with van der Waals surface area (Å²) in [5.41, 5.74) is 8.55. The third kappa shape index (κ3) is 4.38. The molecule has 4 rings (SSSR count). The third-order valence-electron chi connectivity index (χ3n) is 5.97. The van der Waals surface area contributed by atoms with Crippen LogP contribution in [0.3, 0.4) is 0 Å². The Morgan fingerprint density at radius 1 is 0.656 bits per heavy atom. The maximum atomic E-state index is 2.31. The molecule has 3 aromatic rings. The molecular formula is C29H32N3+. The summed E-state index contributed by atoms with van der Waals surface area (Å²) in [7, 11) is 12.5. The number of allylic oxidation sites excluding steroid dienone is 1. The van der Waals surface area contributed by atoms with E-state index in [1.807, 2.05) is 0 Å². The van der Waals surface area contributed by atoms with E-state index in [1.54, 1.807) is 0 Å². The van der Waals surface area contributed by atoms with Crippen LogP contribution >= 0.6 is 0 Å². The summed E-state index contributed by atoms with van der Waals surface area (Å²) in [5, 5.41) is 2.48. The van der Waals surface area contributed by atoms with Crippen LogP contribution in [0.2, 0.25) is 0 Å². The molecule has 3 aromatic carbocycles. The monoisotopic (exact) mass is 422 g/mol. The van der Waals surface area contributed by atoms with E-state index in [0.29, 0.717) is 0 Å². The van der Waals surface area contributed by atoms with Gasteiger partial charge in [-0.25, -0.2) is 4.58 Å². The van der Waals surface area contributed by atoms with Crippen molar-refractivity contribution in [3.63, 3.8) is 0 Å². The second-order valence-electron chi connectivity index (χ2n) is 8.90. The lowest BCUT2D eigenvalue weighted by atomic mass is 9.93. The van der Waals surface area contributed by atoms with Crippen molar-refractivity contribution in [1.29, 1.82) is 0 Å². The van der Waals surface area contributed by atoms with E-state index in [2.05, 4.69) is 142 Å². The van der Waals surface area contributed by atoms with Crippen molar-refractivity contribution in [1.82, 2.24) is 0 Å². The topological polar surface area (TPSA) is 9.49 Å². The smallest absolute Gasteiger partial charge is 0.200 e. The molecule has 0 saturated heterocycles. The highest BCUT2D eigenvalue weighted by Crippen LogP contribution is 2.25. The fraction of sp³-hybridized carbons (Fsp3) is 0.207. The van der Waals surface area contributed by atoms with Crippen LogP contribution in [0.15, 0.2) is 72.8 Å². The van der Waals surface area contributed by atoms with Crippen molar-refractivity contribution in [2.24, 2.45) is 0 Å².